The van der Waals surface area contributed by atoms with E-state index in [0.717, 1.165) is 25.8 Å². The summed E-state index contributed by atoms with van der Waals surface area (Å²) in [7, 11) is 1.85. The van der Waals surface area contributed by atoms with E-state index in [1.165, 1.54) is 0 Å². The standard InChI is InChI=1S/C14H22N6O2/c1-19-7-2-5-14(12(19)22)6-8-20(9-14)11(21)4-3-10-16-13(15)18-17-10/h2-9H2,1H3,(H3,15,16,17,18)/t14-/m1/s1. The van der Waals surface area contributed by atoms with Gasteiger partial charge in [0, 0.05) is 39.5 Å². The minimum absolute atomic E-state index is 0.0628. The average Bonchev–Trinajstić information content (AvgIpc) is 3.10. The van der Waals surface area contributed by atoms with Gasteiger partial charge >= 0.3 is 0 Å². The molecule has 0 aromatic carbocycles. The lowest BCUT2D eigenvalue weighted by molar-refractivity contribution is -0.144. The van der Waals surface area contributed by atoms with Crippen LogP contribution in [0.4, 0.5) is 5.95 Å². The molecule has 3 N–H and O–H groups in total. The number of rotatable bonds is 3. The van der Waals surface area contributed by atoms with Crippen LogP contribution < -0.4 is 5.73 Å². The summed E-state index contributed by atoms with van der Waals surface area (Å²) in [6.07, 6.45) is 3.52. The van der Waals surface area contributed by atoms with Crippen molar-refractivity contribution in [2.24, 2.45) is 5.41 Å². The second kappa shape index (κ2) is 5.58. The van der Waals surface area contributed by atoms with Crippen molar-refractivity contribution in [3.63, 3.8) is 0 Å². The van der Waals surface area contributed by atoms with Gasteiger partial charge in [0.1, 0.15) is 5.82 Å². The number of hydrogen-bond acceptors (Lipinski definition) is 5. The predicted molar refractivity (Wildman–Crippen MR) is 79.6 cm³/mol. The molecule has 3 rings (SSSR count). The van der Waals surface area contributed by atoms with E-state index < -0.39 is 0 Å². The Balaban J connectivity index is 1.57. The SMILES string of the molecule is CN1CCC[C@]2(CCN(C(=O)CCc3nc(N)n[nH]3)C2)C1=O. The van der Waals surface area contributed by atoms with Gasteiger partial charge in [-0.15, -0.1) is 5.10 Å². The van der Waals surface area contributed by atoms with Gasteiger partial charge in [0.05, 0.1) is 5.41 Å². The summed E-state index contributed by atoms with van der Waals surface area (Å²) < 4.78 is 0. The summed E-state index contributed by atoms with van der Waals surface area (Å²) in [6, 6.07) is 0. The lowest BCUT2D eigenvalue weighted by Crippen LogP contribution is -2.48. The molecule has 2 aliphatic heterocycles. The number of aromatic amines is 1. The van der Waals surface area contributed by atoms with Gasteiger partial charge in [-0.25, -0.2) is 0 Å². The van der Waals surface area contributed by atoms with Crippen molar-refractivity contribution in [2.45, 2.75) is 32.1 Å². The monoisotopic (exact) mass is 306 g/mol. The Morgan fingerprint density at radius 2 is 2.23 bits per heavy atom. The first-order valence-electron chi connectivity index (χ1n) is 7.70. The summed E-state index contributed by atoms with van der Waals surface area (Å²) in [6.45, 7) is 2.03. The van der Waals surface area contributed by atoms with Crippen molar-refractivity contribution in [1.29, 1.82) is 0 Å². The molecule has 1 aromatic heterocycles. The zero-order chi connectivity index (χ0) is 15.7. The summed E-state index contributed by atoms with van der Waals surface area (Å²) in [5, 5.41) is 6.45. The van der Waals surface area contributed by atoms with Crippen LogP contribution in [0.1, 0.15) is 31.5 Å². The van der Waals surface area contributed by atoms with Gasteiger partial charge in [0.15, 0.2) is 0 Å². The van der Waals surface area contributed by atoms with Crippen molar-refractivity contribution < 1.29 is 9.59 Å². The minimum atomic E-state index is -0.348. The predicted octanol–water partition coefficient (Wildman–Crippen LogP) is -0.210. The molecule has 0 radical (unpaired) electrons. The van der Waals surface area contributed by atoms with E-state index in [0.29, 0.717) is 31.8 Å². The number of piperidine rings is 1. The molecule has 1 aromatic rings. The molecular weight excluding hydrogens is 284 g/mol. The molecule has 0 aliphatic carbocycles. The Kier molecular flexibility index (Phi) is 3.76. The molecule has 2 fully saturated rings. The van der Waals surface area contributed by atoms with Crippen LogP contribution in [0.25, 0.3) is 0 Å². The fraction of sp³-hybridized carbons (Fsp3) is 0.714. The number of amides is 2. The van der Waals surface area contributed by atoms with Crippen molar-refractivity contribution in [2.75, 3.05) is 32.4 Å². The third-order valence-electron chi connectivity index (χ3n) is 4.78. The van der Waals surface area contributed by atoms with E-state index in [4.69, 9.17) is 5.73 Å². The molecule has 8 heteroatoms. The fourth-order valence-electron chi connectivity index (χ4n) is 3.54. The number of aromatic nitrogens is 3. The summed E-state index contributed by atoms with van der Waals surface area (Å²) in [5.74, 6) is 1.07. The number of aryl methyl sites for hydroxylation is 1. The number of nitrogens with zero attached hydrogens (tertiary/aromatic N) is 4. The van der Waals surface area contributed by atoms with Crippen LogP contribution >= 0.6 is 0 Å². The first-order valence-corrected chi connectivity index (χ1v) is 7.70. The molecule has 22 heavy (non-hydrogen) atoms. The fourth-order valence-corrected chi connectivity index (χ4v) is 3.54. The van der Waals surface area contributed by atoms with Crippen molar-refractivity contribution in [3.05, 3.63) is 5.82 Å². The Morgan fingerprint density at radius 1 is 1.41 bits per heavy atom. The highest BCUT2D eigenvalue weighted by atomic mass is 16.2. The van der Waals surface area contributed by atoms with Crippen LogP contribution in [-0.4, -0.2) is 63.5 Å². The highest BCUT2D eigenvalue weighted by molar-refractivity contribution is 5.86. The molecule has 1 spiro atoms. The number of nitrogens with one attached hydrogen (secondary N) is 1. The molecule has 0 unspecified atom stereocenters. The van der Waals surface area contributed by atoms with E-state index in [1.807, 2.05) is 11.9 Å². The van der Waals surface area contributed by atoms with Gasteiger partial charge in [0.2, 0.25) is 17.8 Å². The van der Waals surface area contributed by atoms with E-state index >= 15 is 0 Å². The molecule has 120 valence electrons. The quantitative estimate of drug-likeness (QED) is 0.803. The molecule has 2 saturated heterocycles. The van der Waals surface area contributed by atoms with E-state index in [-0.39, 0.29) is 23.2 Å². The Labute approximate surface area is 129 Å². The Bertz CT molecular complexity index is 586. The van der Waals surface area contributed by atoms with Gasteiger partial charge < -0.3 is 15.5 Å². The van der Waals surface area contributed by atoms with Crippen LogP contribution in [-0.2, 0) is 16.0 Å². The zero-order valence-corrected chi connectivity index (χ0v) is 12.8. The summed E-state index contributed by atoms with van der Waals surface area (Å²) in [5.41, 5.74) is 5.09. The first kappa shape index (κ1) is 14.8. The van der Waals surface area contributed by atoms with Crippen LogP contribution in [0, 0.1) is 5.41 Å². The van der Waals surface area contributed by atoms with Gasteiger partial charge in [-0.2, -0.15) is 4.98 Å². The molecule has 0 bridgehead atoms. The van der Waals surface area contributed by atoms with Crippen LogP contribution in [0.2, 0.25) is 0 Å². The smallest absolute Gasteiger partial charge is 0.239 e. The minimum Gasteiger partial charge on any atom is -0.367 e. The molecule has 2 aliphatic rings. The summed E-state index contributed by atoms with van der Waals surface area (Å²) >= 11 is 0. The molecule has 8 nitrogen and oxygen atoms in total. The van der Waals surface area contributed by atoms with Crippen molar-refractivity contribution in [1.82, 2.24) is 25.0 Å². The maximum Gasteiger partial charge on any atom is 0.239 e. The number of anilines is 1. The van der Waals surface area contributed by atoms with Gasteiger partial charge in [0.25, 0.3) is 0 Å². The van der Waals surface area contributed by atoms with E-state index in [9.17, 15) is 9.59 Å². The number of H-pyrrole nitrogens is 1. The second-order valence-electron chi connectivity index (χ2n) is 6.32. The lowest BCUT2D eigenvalue weighted by atomic mass is 9.78. The highest BCUT2D eigenvalue weighted by Gasteiger charge is 2.48. The number of nitrogens with two attached hydrogens (primary N) is 1. The van der Waals surface area contributed by atoms with Gasteiger partial charge in [-0.3, -0.25) is 14.7 Å². The van der Waals surface area contributed by atoms with E-state index in [2.05, 4.69) is 15.2 Å². The maximum atomic E-state index is 12.5. The number of likely N-dealkylation sites (tertiary alicyclic amines) is 2. The molecule has 3 heterocycles. The number of carbonyl (C=O) groups is 2. The maximum absolute atomic E-state index is 12.5. The molecule has 0 saturated carbocycles. The topological polar surface area (TPSA) is 108 Å². The largest absolute Gasteiger partial charge is 0.367 e. The van der Waals surface area contributed by atoms with E-state index in [1.54, 1.807) is 4.90 Å². The lowest BCUT2D eigenvalue weighted by Gasteiger charge is -2.37. The van der Waals surface area contributed by atoms with Crippen molar-refractivity contribution in [3.8, 4) is 0 Å². The number of nitrogen functional groups attached to an aromatic ring is 1. The molecule has 2 amide bonds. The normalized spacial score (nSPS) is 25.2. The zero-order valence-electron chi connectivity index (χ0n) is 12.8. The third kappa shape index (κ3) is 2.65. The number of hydrogen-bond donors (Lipinski definition) is 2. The van der Waals surface area contributed by atoms with Crippen LogP contribution in [0.5, 0.6) is 0 Å². The van der Waals surface area contributed by atoms with Crippen LogP contribution in [0.15, 0.2) is 0 Å². The van der Waals surface area contributed by atoms with Gasteiger partial charge in [-0.05, 0) is 19.3 Å². The first-order chi connectivity index (χ1) is 10.5. The average molecular weight is 306 g/mol. The third-order valence-corrected chi connectivity index (χ3v) is 4.78. The molecular formula is C14H22N6O2. The Hall–Kier alpha value is -2.12. The second-order valence-corrected chi connectivity index (χ2v) is 6.32. The van der Waals surface area contributed by atoms with Crippen LogP contribution in [0.3, 0.4) is 0 Å². The molecule has 1 atom stereocenters. The summed E-state index contributed by atoms with van der Waals surface area (Å²) in [4.78, 5) is 32.4. The number of carbonyl (C=O) groups excluding carboxylic acids is 2. The van der Waals surface area contributed by atoms with Gasteiger partial charge in [-0.1, -0.05) is 0 Å². The highest BCUT2D eigenvalue weighted by Crippen LogP contribution is 2.39. The Morgan fingerprint density at radius 3 is 2.95 bits per heavy atom. The van der Waals surface area contributed by atoms with Crippen molar-refractivity contribution >= 4 is 17.8 Å².